The Balaban J connectivity index is 2.06. The van der Waals surface area contributed by atoms with E-state index in [4.69, 9.17) is 11.6 Å². The Kier molecular flexibility index (Phi) is 2.81. The van der Waals surface area contributed by atoms with Crippen LogP contribution in [0.15, 0.2) is 29.6 Å². The second-order valence-corrected chi connectivity index (χ2v) is 5.73. The van der Waals surface area contributed by atoms with Crippen LogP contribution < -0.4 is 4.90 Å². The fraction of sp³-hybridized carbons (Fsp3) is 0.308. The molecule has 1 aromatic heterocycles. The van der Waals surface area contributed by atoms with Gasteiger partial charge in [0, 0.05) is 17.6 Å². The molecule has 0 aliphatic carbocycles. The number of nitrogens with zero attached hydrogens (tertiary/aromatic N) is 2. The van der Waals surface area contributed by atoms with Gasteiger partial charge >= 0.3 is 0 Å². The molecule has 1 unspecified atom stereocenters. The molecule has 0 N–H and O–H groups in total. The first kappa shape index (κ1) is 11.1. The lowest BCUT2D eigenvalue weighted by atomic mass is 9.94. The summed E-state index contributed by atoms with van der Waals surface area (Å²) in [6, 6.07) is 8.55. The number of halogens is 1. The monoisotopic (exact) mass is 264 g/mol. The van der Waals surface area contributed by atoms with E-state index in [1.54, 1.807) is 11.3 Å². The largest absolute Gasteiger partial charge is 0.317 e. The predicted octanol–water partition coefficient (Wildman–Crippen LogP) is 4.13. The fourth-order valence-corrected chi connectivity index (χ4v) is 3.32. The average molecular weight is 265 g/mol. The van der Waals surface area contributed by atoms with Crippen LogP contribution in [0.25, 0.3) is 0 Å². The van der Waals surface area contributed by atoms with Gasteiger partial charge in [0.05, 0.1) is 0 Å². The molecule has 88 valence electrons. The Bertz CT molecular complexity index is 538. The molecule has 0 fully saturated rings. The van der Waals surface area contributed by atoms with E-state index in [2.05, 4.69) is 41.1 Å². The van der Waals surface area contributed by atoms with Gasteiger partial charge in [-0.3, -0.25) is 0 Å². The number of hydrogen-bond donors (Lipinski definition) is 0. The van der Waals surface area contributed by atoms with Crippen LogP contribution in [0.5, 0.6) is 0 Å². The molecule has 1 aliphatic heterocycles. The van der Waals surface area contributed by atoms with Crippen molar-refractivity contribution >= 4 is 33.8 Å². The van der Waals surface area contributed by atoms with Crippen molar-refractivity contribution in [1.82, 2.24) is 4.98 Å². The molecule has 0 saturated carbocycles. The van der Waals surface area contributed by atoms with E-state index in [0.717, 1.165) is 18.1 Å². The highest BCUT2D eigenvalue weighted by atomic mass is 35.5. The third-order valence-corrected chi connectivity index (χ3v) is 4.23. The first-order valence-electron chi connectivity index (χ1n) is 5.70. The minimum absolute atomic E-state index is 0.584. The SMILES string of the molecule is CC1Cc2ccccc2N(c2nc(Cl)cs2)C1. The minimum atomic E-state index is 0.584. The van der Waals surface area contributed by atoms with Crippen molar-refractivity contribution in [3.8, 4) is 0 Å². The number of aromatic nitrogens is 1. The van der Waals surface area contributed by atoms with Gasteiger partial charge in [0.1, 0.15) is 5.15 Å². The van der Waals surface area contributed by atoms with Crippen LogP contribution in [0, 0.1) is 5.92 Å². The number of benzene rings is 1. The summed E-state index contributed by atoms with van der Waals surface area (Å²) < 4.78 is 0. The summed E-state index contributed by atoms with van der Waals surface area (Å²) >= 11 is 7.52. The molecule has 0 amide bonds. The molecule has 0 spiro atoms. The van der Waals surface area contributed by atoms with Gasteiger partial charge in [-0.1, -0.05) is 36.7 Å². The third kappa shape index (κ3) is 2.05. The molecule has 1 atom stereocenters. The lowest BCUT2D eigenvalue weighted by Crippen LogP contribution is -2.30. The molecular formula is C13H13ClN2S. The maximum Gasteiger partial charge on any atom is 0.191 e. The molecule has 2 heterocycles. The standard InChI is InChI=1S/C13H13ClN2S/c1-9-6-10-4-2-3-5-11(10)16(7-9)13-15-12(14)8-17-13/h2-5,8-9H,6-7H2,1H3. The molecule has 4 heteroatoms. The maximum absolute atomic E-state index is 5.92. The van der Waals surface area contributed by atoms with Gasteiger partial charge in [0.2, 0.25) is 0 Å². The van der Waals surface area contributed by atoms with Gasteiger partial charge in [-0.15, -0.1) is 11.3 Å². The molecule has 1 aliphatic rings. The summed E-state index contributed by atoms with van der Waals surface area (Å²) in [7, 11) is 0. The highest BCUT2D eigenvalue weighted by Gasteiger charge is 2.24. The van der Waals surface area contributed by atoms with Gasteiger partial charge in [0.25, 0.3) is 0 Å². The summed E-state index contributed by atoms with van der Waals surface area (Å²) in [5.41, 5.74) is 2.68. The Labute approximate surface area is 110 Å². The summed E-state index contributed by atoms with van der Waals surface area (Å²) in [5.74, 6) is 0.646. The summed E-state index contributed by atoms with van der Waals surface area (Å²) in [6.07, 6.45) is 1.14. The van der Waals surface area contributed by atoms with Gasteiger partial charge in [0.15, 0.2) is 5.13 Å². The minimum Gasteiger partial charge on any atom is -0.317 e. The van der Waals surface area contributed by atoms with Crippen molar-refractivity contribution in [1.29, 1.82) is 0 Å². The number of hydrogen-bond acceptors (Lipinski definition) is 3. The van der Waals surface area contributed by atoms with Crippen molar-refractivity contribution in [2.24, 2.45) is 5.92 Å². The second kappa shape index (κ2) is 4.31. The number of rotatable bonds is 1. The number of thiazole rings is 1. The molecule has 1 aromatic carbocycles. The van der Waals surface area contributed by atoms with Crippen LogP contribution in [0.2, 0.25) is 5.15 Å². The van der Waals surface area contributed by atoms with E-state index < -0.39 is 0 Å². The van der Waals surface area contributed by atoms with Crippen LogP contribution in [0.3, 0.4) is 0 Å². The fourth-order valence-electron chi connectivity index (χ4n) is 2.35. The highest BCUT2D eigenvalue weighted by molar-refractivity contribution is 7.14. The molecule has 0 bridgehead atoms. The van der Waals surface area contributed by atoms with Crippen LogP contribution >= 0.6 is 22.9 Å². The molecule has 3 rings (SSSR count). The maximum atomic E-state index is 5.92. The smallest absolute Gasteiger partial charge is 0.191 e. The molecule has 2 aromatic rings. The topological polar surface area (TPSA) is 16.1 Å². The molecule has 0 saturated heterocycles. The Morgan fingerprint density at radius 3 is 3.00 bits per heavy atom. The Morgan fingerprint density at radius 1 is 1.41 bits per heavy atom. The average Bonchev–Trinajstić information content (AvgIpc) is 2.74. The van der Waals surface area contributed by atoms with E-state index in [9.17, 15) is 0 Å². The molecule has 17 heavy (non-hydrogen) atoms. The second-order valence-electron chi connectivity index (χ2n) is 4.50. The van der Waals surface area contributed by atoms with E-state index >= 15 is 0 Å². The molecule has 0 radical (unpaired) electrons. The zero-order valence-electron chi connectivity index (χ0n) is 9.56. The number of para-hydroxylation sites is 1. The first-order valence-corrected chi connectivity index (χ1v) is 6.96. The number of fused-ring (bicyclic) bond motifs is 1. The van der Waals surface area contributed by atoms with E-state index in [1.807, 2.05) is 5.38 Å². The molecular weight excluding hydrogens is 252 g/mol. The lowest BCUT2D eigenvalue weighted by molar-refractivity contribution is 0.562. The van der Waals surface area contributed by atoms with Crippen LogP contribution in [-0.2, 0) is 6.42 Å². The van der Waals surface area contributed by atoms with Crippen LogP contribution in [0.4, 0.5) is 10.8 Å². The Hall–Kier alpha value is -1.06. The highest BCUT2D eigenvalue weighted by Crippen LogP contribution is 2.37. The van der Waals surface area contributed by atoms with Gasteiger partial charge < -0.3 is 4.90 Å². The van der Waals surface area contributed by atoms with E-state index in [0.29, 0.717) is 11.1 Å². The normalized spacial score (nSPS) is 19.2. The number of anilines is 2. The van der Waals surface area contributed by atoms with Crippen molar-refractivity contribution < 1.29 is 0 Å². The van der Waals surface area contributed by atoms with Gasteiger partial charge in [-0.25, -0.2) is 4.98 Å². The summed E-state index contributed by atoms with van der Waals surface area (Å²) in [5, 5.41) is 3.47. The summed E-state index contributed by atoms with van der Waals surface area (Å²) in [6.45, 7) is 3.29. The summed E-state index contributed by atoms with van der Waals surface area (Å²) in [4.78, 5) is 6.66. The van der Waals surface area contributed by atoms with Crippen molar-refractivity contribution in [2.45, 2.75) is 13.3 Å². The zero-order valence-corrected chi connectivity index (χ0v) is 11.1. The van der Waals surface area contributed by atoms with Crippen molar-refractivity contribution in [3.05, 3.63) is 40.4 Å². The third-order valence-electron chi connectivity index (χ3n) is 3.04. The zero-order chi connectivity index (χ0) is 11.8. The molecule has 2 nitrogen and oxygen atoms in total. The predicted molar refractivity (Wildman–Crippen MR) is 73.4 cm³/mol. The van der Waals surface area contributed by atoms with Crippen molar-refractivity contribution in [2.75, 3.05) is 11.4 Å². The quantitative estimate of drug-likeness (QED) is 0.770. The first-order chi connectivity index (χ1) is 8.24. The van der Waals surface area contributed by atoms with E-state index in [1.165, 1.54) is 11.3 Å². The van der Waals surface area contributed by atoms with Gasteiger partial charge in [-0.05, 0) is 24.0 Å². The van der Waals surface area contributed by atoms with E-state index in [-0.39, 0.29) is 0 Å². The van der Waals surface area contributed by atoms with Crippen LogP contribution in [-0.4, -0.2) is 11.5 Å². The lowest BCUT2D eigenvalue weighted by Gasteiger charge is -2.32. The Morgan fingerprint density at radius 2 is 2.24 bits per heavy atom. The van der Waals surface area contributed by atoms with Gasteiger partial charge in [-0.2, -0.15) is 0 Å². The van der Waals surface area contributed by atoms with Crippen molar-refractivity contribution in [3.63, 3.8) is 0 Å². The van der Waals surface area contributed by atoms with Crippen LogP contribution in [0.1, 0.15) is 12.5 Å².